The van der Waals surface area contributed by atoms with Gasteiger partial charge in [0, 0.05) is 93.3 Å². The van der Waals surface area contributed by atoms with Crippen LogP contribution in [0.5, 0.6) is 0 Å². The average Bonchev–Trinajstić information content (AvgIpc) is 3.02. The first kappa shape index (κ1) is 31.3. The van der Waals surface area contributed by atoms with Crippen molar-refractivity contribution in [2.45, 2.75) is 19.8 Å². The first-order valence-electron chi connectivity index (χ1n) is 14.8. The van der Waals surface area contributed by atoms with Gasteiger partial charge in [-0.05, 0) is 79.4 Å². The standard InChI is InChI=1S/C21H26ClN3O.C12H17ClN2/c1-2-23-20-9-5-18(6-10-20)21(26)25-15-13-24(14-16-25)12-11-17-3-7-19(22)8-4-17;13-12-3-1-11(2-4-12)5-8-15-9-6-14-7-10-15/h3-10,23H,2,11-16H2,1H3;1-4,14H,5-10H2. The van der Waals surface area contributed by atoms with Crippen molar-refractivity contribution >= 4 is 34.8 Å². The summed E-state index contributed by atoms with van der Waals surface area (Å²) in [4.78, 5) is 19.5. The Labute approximate surface area is 255 Å². The fourth-order valence-electron chi connectivity index (χ4n) is 5.10. The Hall–Kier alpha value is -2.61. The molecular formula is C33H43Cl2N5O. The van der Waals surface area contributed by atoms with Gasteiger partial charge in [0.25, 0.3) is 5.91 Å². The monoisotopic (exact) mass is 595 g/mol. The first-order chi connectivity index (χ1) is 20.0. The lowest BCUT2D eigenvalue weighted by Gasteiger charge is -2.34. The van der Waals surface area contributed by atoms with Gasteiger partial charge < -0.3 is 20.4 Å². The molecule has 5 rings (SSSR count). The van der Waals surface area contributed by atoms with Gasteiger partial charge in [-0.25, -0.2) is 0 Å². The fraction of sp³-hybridized carbons (Fsp3) is 0.424. The molecule has 3 aromatic carbocycles. The zero-order valence-electron chi connectivity index (χ0n) is 24.1. The third kappa shape index (κ3) is 10.6. The molecule has 3 aromatic rings. The minimum absolute atomic E-state index is 0.130. The summed E-state index contributed by atoms with van der Waals surface area (Å²) in [7, 11) is 0. The molecule has 1 amide bonds. The zero-order chi connectivity index (χ0) is 28.9. The number of nitrogens with zero attached hydrogens (tertiary/aromatic N) is 3. The summed E-state index contributed by atoms with van der Waals surface area (Å²) in [6.07, 6.45) is 2.13. The third-order valence-electron chi connectivity index (χ3n) is 7.64. The molecule has 8 heteroatoms. The van der Waals surface area contributed by atoms with Crippen LogP contribution in [0.15, 0.2) is 72.8 Å². The molecule has 0 atom stereocenters. The van der Waals surface area contributed by atoms with Crippen LogP contribution in [0.1, 0.15) is 28.4 Å². The van der Waals surface area contributed by atoms with Crippen LogP contribution in [0, 0.1) is 0 Å². The molecule has 2 heterocycles. The molecule has 41 heavy (non-hydrogen) atoms. The predicted octanol–water partition coefficient (Wildman–Crippen LogP) is 5.56. The molecule has 6 nitrogen and oxygen atoms in total. The van der Waals surface area contributed by atoms with E-state index in [-0.39, 0.29) is 5.91 Å². The molecule has 0 aliphatic carbocycles. The lowest BCUT2D eigenvalue weighted by atomic mass is 10.1. The molecule has 0 bridgehead atoms. The minimum Gasteiger partial charge on any atom is -0.385 e. The summed E-state index contributed by atoms with van der Waals surface area (Å²) >= 11 is 11.8. The summed E-state index contributed by atoms with van der Waals surface area (Å²) in [6, 6.07) is 24.0. The number of hydrogen-bond donors (Lipinski definition) is 2. The number of benzene rings is 3. The maximum atomic E-state index is 12.7. The van der Waals surface area contributed by atoms with Crippen molar-refractivity contribution in [3.05, 3.63) is 99.5 Å². The minimum atomic E-state index is 0.130. The number of anilines is 1. The van der Waals surface area contributed by atoms with Crippen LogP contribution in [0.2, 0.25) is 10.0 Å². The van der Waals surface area contributed by atoms with E-state index in [2.05, 4.69) is 51.6 Å². The molecule has 2 aliphatic rings. The lowest BCUT2D eigenvalue weighted by molar-refractivity contribution is 0.0638. The number of piperazine rings is 2. The van der Waals surface area contributed by atoms with Crippen LogP contribution >= 0.6 is 23.2 Å². The topological polar surface area (TPSA) is 50.9 Å². The predicted molar refractivity (Wildman–Crippen MR) is 173 cm³/mol. The second-order valence-electron chi connectivity index (χ2n) is 10.6. The number of rotatable bonds is 9. The second-order valence-corrected chi connectivity index (χ2v) is 11.5. The van der Waals surface area contributed by atoms with Gasteiger partial charge in [-0.3, -0.25) is 9.69 Å². The number of nitrogens with one attached hydrogen (secondary N) is 2. The van der Waals surface area contributed by atoms with Gasteiger partial charge in [-0.15, -0.1) is 0 Å². The highest BCUT2D eigenvalue weighted by Crippen LogP contribution is 2.15. The van der Waals surface area contributed by atoms with E-state index in [0.29, 0.717) is 0 Å². The molecule has 2 fully saturated rings. The van der Waals surface area contributed by atoms with Crippen LogP contribution in [0.25, 0.3) is 0 Å². The van der Waals surface area contributed by atoms with Gasteiger partial charge in [0.2, 0.25) is 0 Å². The Balaban J connectivity index is 0.000000218. The summed E-state index contributed by atoms with van der Waals surface area (Å²) < 4.78 is 0. The van der Waals surface area contributed by atoms with Crippen molar-refractivity contribution in [3.63, 3.8) is 0 Å². The summed E-state index contributed by atoms with van der Waals surface area (Å²) in [5, 5.41) is 8.21. The lowest BCUT2D eigenvalue weighted by Crippen LogP contribution is -2.49. The number of hydrogen-bond acceptors (Lipinski definition) is 5. The van der Waals surface area contributed by atoms with Crippen molar-refractivity contribution < 1.29 is 4.79 Å². The molecule has 2 N–H and O–H groups in total. The summed E-state index contributed by atoms with van der Waals surface area (Å²) in [5.41, 5.74) is 4.49. The van der Waals surface area contributed by atoms with E-state index in [1.807, 2.05) is 53.4 Å². The smallest absolute Gasteiger partial charge is 0.253 e. The van der Waals surface area contributed by atoms with Crippen molar-refractivity contribution in [2.75, 3.05) is 77.3 Å². The van der Waals surface area contributed by atoms with Gasteiger partial charge >= 0.3 is 0 Å². The summed E-state index contributed by atoms with van der Waals surface area (Å²) in [6.45, 7) is 13.1. The summed E-state index contributed by atoms with van der Waals surface area (Å²) in [5.74, 6) is 0.130. The maximum Gasteiger partial charge on any atom is 0.253 e. The number of carbonyl (C=O) groups is 1. The maximum absolute atomic E-state index is 12.7. The van der Waals surface area contributed by atoms with Gasteiger partial charge in [-0.1, -0.05) is 47.5 Å². The number of carbonyl (C=O) groups excluding carboxylic acids is 1. The van der Waals surface area contributed by atoms with Crippen LogP contribution in [-0.4, -0.2) is 92.6 Å². The largest absolute Gasteiger partial charge is 0.385 e. The molecule has 2 saturated heterocycles. The highest BCUT2D eigenvalue weighted by molar-refractivity contribution is 6.30. The number of amides is 1. The molecule has 0 spiro atoms. The Kier molecular flexibility index (Phi) is 12.8. The molecule has 2 aliphatic heterocycles. The highest BCUT2D eigenvalue weighted by Gasteiger charge is 2.22. The van der Waals surface area contributed by atoms with E-state index >= 15 is 0 Å². The van der Waals surface area contributed by atoms with E-state index in [1.165, 1.54) is 24.2 Å². The van der Waals surface area contributed by atoms with Crippen LogP contribution in [0.4, 0.5) is 5.69 Å². The van der Waals surface area contributed by atoms with Gasteiger partial charge in [0.05, 0.1) is 0 Å². The number of halogens is 2. The SMILES string of the molecule is CCNc1ccc(C(=O)N2CCN(CCc3ccc(Cl)cc3)CC2)cc1.Clc1ccc(CCN2CCNCC2)cc1. The van der Waals surface area contributed by atoms with E-state index in [1.54, 1.807) is 0 Å². The van der Waals surface area contributed by atoms with Crippen LogP contribution < -0.4 is 10.6 Å². The van der Waals surface area contributed by atoms with Crippen LogP contribution in [0.3, 0.4) is 0 Å². The Morgan fingerprint density at radius 3 is 1.68 bits per heavy atom. The fourth-order valence-corrected chi connectivity index (χ4v) is 5.36. The van der Waals surface area contributed by atoms with E-state index in [4.69, 9.17) is 23.2 Å². The second kappa shape index (κ2) is 16.7. The van der Waals surface area contributed by atoms with E-state index in [0.717, 1.165) is 93.0 Å². The Morgan fingerprint density at radius 1 is 0.707 bits per heavy atom. The zero-order valence-corrected chi connectivity index (χ0v) is 25.6. The van der Waals surface area contributed by atoms with Gasteiger partial charge in [-0.2, -0.15) is 0 Å². The molecule has 0 radical (unpaired) electrons. The molecular weight excluding hydrogens is 553 g/mol. The highest BCUT2D eigenvalue weighted by atomic mass is 35.5. The van der Waals surface area contributed by atoms with Gasteiger partial charge in [0.1, 0.15) is 0 Å². The first-order valence-corrected chi connectivity index (χ1v) is 15.5. The van der Waals surface area contributed by atoms with E-state index in [9.17, 15) is 4.79 Å². The van der Waals surface area contributed by atoms with E-state index < -0.39 is 0 Å². The van der Waals surface area contributed by atoms with Crippen molar-refractivity contribution in [3.8, 4) is 0 Å². The van der Waals surface area contributed by atoms with Crippen molar-refractivity contribution in [1.29, 1.82) is 0 Å². The normalized spacial score (nSPS) is 16.1. The van der Waals surface area contributed by atoms with Crippen molar-refractivity contribution in [2.24, 2.45) is 0 Å². The quantitative estimate of drug-likeness (QED) is 0.339. The molecule has 0 saturated carbocycles. The Morgan fingerprint density at radius 2 is 1.20 bits per heavy atom. The van der Waals surface area contributed by atoms with Crippen molar-refractivity contribution in [1.82, 2.24) is 20.0 Å². The molecule has 0 unspecified atom stereocenters. The third-order valence-corrected chi connectivity index (χ3v) is 8.15. The van der Waals surface area contributed by atoms with Crippen LogP contribution in [-0.2, 0) is 12.8 Å². The molecule has 220 valence electrons. The van der Waals surface area contributed by atoms with Gasteiger partial charge in [0.15, 0.2) is 0 Å². The average molecular weight is 597 g/mol. The molecule has 0 aromatic heterocycles. The Bertz CT molecular complexity index is 1170.